The van der Waals surface area contributed by atoms with Gasteiger partial charge in [-0.25, -0.2) is 0 Å². The molecule has 1 aliphatic rings. The summed E-state index contributed by atoms with van der Waals surface area (Å²) in [6.07, 6.45) is 4.73. The van der Waals surface area contributed by atoms with Gasteiger partial charge in [-0.15, -0.1) is 0 Å². The first-order valence-electron chi connectivity index (χ1n) is 11.7. The highest BCUT2D eigenvalue weighted by Crippen LogP contribution is 2.21. The van der Waals surface area contributed by atoms with Gasteiger partial charge in [-0.3, -0.25) is 19.4 Å². The Morgan fingerprint density at radius 2 is 1.82 bits per heavy atom. The second-order valence-electron chi connectivity index (χ2n) is 8.21. The number of aromatic amines is 1. The Morgan fingerprint density at radius 1 is 1.09 bits per heavy atom. The molecule has 1 N–H and O–H groups in total. The molecule has 1 amide bonds. The number of H-pyrrole nitrogens is 1. The zero-order chi connectivity index (χ0) is 23.8. The zero-order valence-corrected chi connectivity index (χ0v) is 20.3. The number of ether oxygens (including phenoxy) is 1. The van der Waals surface area contributed by atoms with Gasteiger partial charge < -0.3 is 9.64 Å². The molecule has 0 radical (unpaired) electrons. The molecule has 0 bridgehead atoms. The van der Waals surface area contributed by atoms with Crippen LogP contribution in [0.15, 0.2) is 60.7 Å². The predicted octanol–water partition coefficient (Wildman–Crippen LogP) is 4.25. The molecule has 1 aliphatic heterocycles. The first-order valence-corrected chi connectivity index (χ1v) is 12.1. The summed E-state index contributed by atoms with van der Waals surface area (Å²) in [4.78, 5) is 17.2. The Bertz CT molecular complexity index is 1150. The molecule has 0 aliphatic carbocycles. The highest BCUT2D eigenvalue weighted by atomic mass is 32.1. The summed E-state index contributed by atoms with van der Waals surface area (Å²) < 4.78 is 7.93. The van der Waals surface area contributed by atoms with Crippen LogP contribution in [0.3, 0.4) is 0 Å². The Balaban J connectivity index is 1.27. The van der Waals surface area contributed by atoms with Gasteiger partial charge in [0.25, 0.3) is 0 Å². The van der Waals surface area contributed by atoms with Gasteiger partial charge in [-0.2, -0.15) is 5.10 Å². The second kappa shape index (κ2) is 11.8. The molecule has 8 heteroatoms. The smallest absolute Gasteiger partial charge is 0.224 e. The minimum atomic E-state index is 0.153. The quantitative estimate of drug-likeness (QED) is 0.467. The number of nitrogens with zero attached hydrogens (tertiary/aromatic N) is 4. The Hall–Kier alpha value is -3.23. The van der Waals surface area contributed by atoms with Crippen LogP contribution >= 0.6 is 12.2 Å². The van der Waals surface area contributed by atoms with Crippen molar-refractivity contribution in [3.8, 4) is 17.1 Å². The number of amides is 1. The van der Waals surface area contributed by atoms with E-state index in [0.717, 1.165) is 49.9 Å². The number of carbonyl (C=O) groups is 1. The number of aromatic nitrogens is 3. The monoisotopic (exact) mass is 477 g/mol. The summed E-state index contributed by atoms with van der Waals surface area (Å²) in [6.45, 7) is 7.24. The average Bonchev–Trinajstić information content (AvgIpc) is 3.24. The van der Waals surface area contributed by atoms with Crippen molar-refractivity contribution in [1.29, 1.82) is 0 Å². The van der Waals surface area contributed by atoms with E-state index in [9.17, 15) is 4.79 Å². The molecule has 2 aromatic carbocycles. The summed E-state index contributed by atoms with van der Waals surface area (Å²) in [6, 6.07) is 18.1. The van der Waals surface area contributed by atoms with Gasteiger partial charge in [0.05, 0.1) is 6.61 Å². The number of nitrogens with one attached hydrogen (secondary N) is 1. The van der Waals surface area contributed by atoms with Gasteiger partial charge in [-0.05, 0) is 49.0 Å². The third-order valence-corrected chi connectivity index (χ3v) is 6.24. The molecular weight excluding hydrogens is 446 g/mol. The standard InChI is InChI=1S/C26H31N5O2S/c1-2-33-23-12-10-22(11-13-23)25-27-28-26(34)31(25)16-14-24(32)30-19-17-29(18-20-30)15-6-9-21-7-4-3-5-8-21/h3-13H,2,14-20H2,1H3,(H,28,34)/b9-6+. The van der Waals surface area contributed by atoms with Gasteiger partial charge in [0, 0.05) is 51.3 Å². The van der Waals surface area contributed by atoms with Gasteiger partial charge >= 0.3 is 0 Å². The van der Waals surface area contributed by atoms with Crippen LogP contribution < -0.4 is 4.74 Å². The first kappa shape index (κ1) is 23.9. The maximum Gasteiger partial charge on any atom is 0.224 e. The molecule has 3 aromatic rings. The fourth-order valence-electron chi connectivity index (χ4n) is 4.06. The van der Waals surface area contributed by atoms with Crippen molar-refractivity contribution in [2.75, 3.05) is 39.3 Å². The SMILES string of the molecule is CCOc1ccc(-c2n[nH]c(=S)n2CCC(=O)N2CCN(C/C=C/c3ccccc3)CC2)cc1. The maximum atomic E-state index is 12.9. The number of piperazine rings is 1. The summed E-state index contributed by atoms with van der Waals surface area (Å²) in [5.41, 5.74) is 2.14. The highest BCUT2D eigenvalue weighted by Gasteiger charge is 2.21. The number of benzene rings is 2. The van der Waals surface area contributed by atoms with Gasteiger partial charge in [0.2, 0.25) is 5.91 Å². The largest absolute Gasteiger partial charge is 0.494 e. The number of carbonyl (C=O) groups excluding carboxylic acids is 1. The van der Waals surface area contributed by atoms with Crippen molar-refractivity contribution in [3.63, 3.8) is 0 Å². The summed E-state index contributed by atoms with van der Waals surface area (Å²) in [5.74, 6) is 1.70. The van der Waals surface area contributed by atoms with E-state index in [1.54, 1.807) is 0 Å². The van der Waals surface area contributed by atoms with Crippen LogP contribution in [0.25, 0.3) is 17.5 Å². The molecule has 2 heterocycles. The molecule has 1 fully saturated rings. The van der Waals surface area contributed by atoms with Crippen LogP contribution in [0, 0.1) is 4.77 Å². The fourth-order valence-corrected chi connectivity index (χ4v) is 4.28. The Labute approximate surface area is 205 Å². The van der Waals surface area contributed by atoms with Crippen molar-refractivity contribution >= 4 is 24.2 Å². The van der Waals surface area contributed by atoms with Crippen LogP contribution in [-0.2, 0) is 11.3 Å². The minimum Gasteiger partial charge on any atom is -0.494 e. The predicted molar refractivity (Wildman–Crippen MR) is 137 cm³/mol. The third kappa shape index (κ3) is 6.21. The van der Waals surface area contributed by atoms with E-state index in [2.05, 4.69) is 39.4 Å². The highest BCUT2D eigenvalue weighted by molar-refractivity contribution is 7.71. The van der Waals surface area contributed by atoms with Crippen molar-refractivity contribution < 1.29 is 9.53 Å². The molecule has 4 rings (SSSR count). The normalized spacial score (nSPS) is 14.6. The van der Waals surface area contributed by atoms with E-state index in [-0.39, 0.29) is 5.91 Å². The van der Waals surface area contributed by atoms with Crippen LogP contribution in [0.2, 0.25) is 0 Å². The van der Waals surface area contributed by atoms with Crippen LogP contribution in [0.4, 0.5) is 0 Å². The fraction of sp³-hybridized carbons (Fsp3) is 0.346. The van der Waals surface area contributed by atoms with E-state index in [0.29, 0.717) is 24.3 Å². The lowest BCUT2D eigenvalue weighted by Gasteiger charge is -2.34. The van der Waals surface area contributed by atoms with Crippen molar-refractivity contribution in [3.05, 3.63) is 71.0 Å². The molecule has 34 heavy (non-hydrogen) atoms. The average molecular weight is 478 g/mol. The second-order valence-corrected chi connectivity index (χ2v) is 8.59. The van der Waals surface area contributed by atoms with Crippen LogP contribution in [0.5, 0.6) is 5.75 Å². The summed E-state index contributed by atoms with van der Waals surface area (Å²) in [5, 5.41) is 7.24. The molecule has 1 saturated heterocycles. The molecule has 1 aromatic heterocycles. The number of hydrogen-bond donors (Lipinski definition) is 1. The van der Waals surface area contributed by atoms with Crippen molar-refractivity contribution in [1.82, 2.24) is 24.6 Å². The molecule has 0 spiro atoms. The van der Waals surface area contributed by atoms with E-state index in [1.165, 1.54) is 5.56 Å². The lowest BCUT2D eigenvalue weighted by atomic mass is 10.2. The molecule has 178 valence electrons. The third-order valence-electron chi connectivity index (χ3n) is 5.93. The summed E-state index contributed by atoms with van der Waals surface area (Å²) >= 11 is 5.42. The van der Waals surface area contributed by atoms with E-state index in [1.807, 2.05) is 58.9 Å². The minimum absolute atomic E-state index is 0.153. The van der Waals surface area contributed by atoms with Crippen molar-refractivity contribution in [2.45, 2.75) is 19.9 Å². The van der Waals surface area contributed by atoms with Gasteiger partial charge in [0.1, 0.15) is 5.75 Å². The molecule has 0 unspecified atom stereocenters. The molecule has 0 saturated carbocycles. The van der Waals surface area contributed by atoms with E-state index < -0.39 is 0 Å². The zero-order valence-electron chi connectivity index (χ0n) is 19.5. The first-order chi connectivity index (χ1) is 16.6. The van der Waals surface area contributed by atoms with Gasteiger partial charge in [0.15, 0.2) is 10.6 Å². The molecule has 7 nitrogen and oxygen atoms in total. The molecular formula is C26H31N5O2S. The van der Waals surface area contributed by atoms with Crippen LogP contribution in [-0.4, -0.2) is 69.8 Å². The van der Waals surface area contributed by atoms with E-state index in [4.69, 9.17) is 17.0 Å². The molecule has 0 atom stereocenters. The van der Waals surface area contributed by atoms with Crippen molar-refractivity contribution in [2.24, 2.45) is 0 Å². The van der Waals surface area contributed by atoms with Gasteiger partial charge in [-0.1, -0.05) is 42.5 Å². The van der Waals surface area contributed by atoms with E-state index >= 15 is 0 Å². The lowest BCUT2D eigenvalue weighted by Crippen LogP contribution is -2.48. The Morgan fingerprint density at radius 3 is 2.53 bits per heavy atom. The maximum absolute atomic E-state index is 12.9. The Kier molecular flexibility index (Phi) is 8.27. The number of hydrogen-bond acceptors (Lipinski definition) is 5. The topological polar surface area (TPSA) is 66.4 Å². The lowest BCUT2D eigenvalue weighted by molar-refractivity contribution is -0.133. The number of rotatable bonds is 9. The van der Waals surface area contributed by atoms with Crippen LogP contribution in [0.1, 0.15) is 18.9 Å². The summed E-state index contributed by atoms with van der Waals surface area (Å²) in [7, 11) is 0.